The first-order chi connectivity index (χ1) is 3.41. The number of methoxy groups -OCH3 is 1. The normalized spacial score (nSPS) is 8.14. The van der Waals surface area contributed by atoms with Crippen LogP contribution in [0.2, 0.25) is 0 Å². The highest BCUT2D eigenvalue weighted by atomic mass is 16.7. The molecule has 0 aliphatic rings. The Balaban J connectivity index is 2.56. The largest absolute Gasteiger partial charge is 0.381 e. The van der Waals surface area contributed by atoms with E-state index in [1.165, 1.54) is 7.11 Å². The quantitative estimate of drug-likeness (QED) is 0.294. The molecule has 0 atom stereocenters. The highest BCUT2D eigenvalue weighted by molar-refractivity contribution is 4.19. The Morgan fingerprint density at radius 2 is 2.29 bits per heavy atom. The molecule has 0 spiro atoms. The molecule has 42 valence electrons. The van der Waals surface area contributed by atoms with Crippen molar-refractivity contribution in [1.29, 1.82) is 0 Å². The minimum Gasteiger partial charge on any atom is -0.381 e. The summed E-state index contributed by atoms with van der Waals surface area (Å²) in [6.45, 7) is 0.645. The van der Waals surface area contributed by atoms with Gasteiger partial charge in [0.25, 0.3) is 0 Å². The molecule has 0 N–H and O–H groups in total. The highest BCUT2D eigenvalue weighted by Crippen LogP contribution is 1.72. The fourth-order valence-electron chi connectivity index (χ4n) is 0.158. The molecule has 0 bridgehead atoms. The van der Waals surface area contributed by atoms with E-state index < -0.39 is 0 Å². The number of nitrogens with zero attached hydrogens (tertiary/aromatic N) is 1. The number of hydrogen-bond acceptors (Lipinski definition) is 4. The Labute approximate surface area is 41.3 Å². The van der Waals surface area contributed by atoms with Crippen LogP contribution in [0.3, 0.4) is 0 Å². The molecule has 7 heavy (non-hydrogen) atoms. The standard InChI is InChI=1S/C3H7NO3/c1-6-2-3-7-4-5/h2-3H2,1H3. The van der Waals surface area contributed by atoms with Crippen molar-refractivity contribution in [3.05, 3.63) is 4.91 Å². The van der Waals surface area contributed by atoms with Crippen molar-refractivity contribution >= 4 is 0 Å². The third-order valence-electron chi connectivity index (χ3n) is 0.431. The van der Waals surface area contributed by atoms with Gasteiger partial charge < -0.3 is 9.57 Å². The molecule has 4 heteroatoms. The minimum atomic E-state index is 0.236. The van der Waals surface area contributed by atoms with E-state index in [4.69, 9.17) is 4.91 Å². The second-order valence-electron chi connectivity index (χ2n) is 0.901. The highest BCUT2D eigenvalue weighted by Gasteiger charge is 1.79. The zero-order valence-electron chi connectivity index (χ0n) is 4.09. The first-order valence-corrected chi connectivity index (χ1v) is 1.85. The third kappa shape index (κ3) is 5.36. The van der Waals surface area contributed by atoms with E-state index >= 15 is 0 Å². The monoisotopic (exact) mass is 105 g/mol. The van der Waals surface area contributed by atoms with E-state index in [2.05, 4.69) is 14.9 Å². The second-order valence-corrected chi connectivity index (χ2v) is 0.901. The van der Waals surface area contributed by atoms with Gasteiger partial charge in [-0.05, 0) is 0 Å². The lowest BCUT2D eigenvalue weighted by atomic mass is 10.8. The van der Waals surface area contributed by atoms with Crippen molar-refractivity contribution in [3.8, 4) is 0 Å². The van der Waals surface area contributed by atoms with Gasteiger partial charge in [0, 0.05) is 7.11 Å². The molecule has 0 aromatic carbocycles. The molecule has 0 aromatic rings. The van der Waals surface area contributed by atoms with Crippen LogP contribution >= 0.6 is 0 Å². The average molecular weight is 105 g/mol. The molecule has 0 saturated heterocycles. The van der Waals surface area contributed by atoms with Gasteiger partial charge in [-0.2, -0.15) is 0 Å². The van der Waals surface area contributed by atoms with Gasteiger partial charge in [0.15, 0.2) is 5.34 Å². The number of hydrogen-bond donors (Lipinski definition) is 0. The lowest BCUT2D eigenvalue weighted by Crippen LogP contribution is -1.95. The first kappa shape index (κ1) is 6.36. The fraction of sp³-hybridized carbons (Fsp3) is 1.00. The molecule has 0 rings (SSSR count). The smallest absolute Gasteiger partial charge is 0.155 e. The zero-order chi connectivity index (χ0) is 5.54. The van der Waals surface area contributed by atoms with Crippen LogP contribution in [0.15, 0.2) is 5.34 Å². The Bertz CT molecular complexity index is 47.4. The van der Waals surface area contributed by atoms with Gasteiger partial charge in [-0.25, -0.2) is 0 Å². The van der Waals surface area contributed by atoms with E-state index in [1.54, 1.807) is 0 Å². The third-order valence-corrected chi connectivity index (χ3v) is 0.431. The van der Waals surface area contributed by atoms with Gasteiger partial charge in [0.2, 0.25) is 0 Å². The van der Waals surface area contributed by atoms with Crippen molar-refractivity contribution in [1.82, 2.24) is 0 Å². The van der Waals surface area contributed by atoms with Crippen LogP contribution in [0, 0.1) is 4.91 Å². The fourth-order valence-corrected chi connectivity index (χ4v) is 0.158. The number of ether oxygens (including phenoxy) is 1. The van der Waals surface area contributed by atoms with Crippen LogP contribution in [0.1, 0.15) is 0 Å². The maximum absolute atomic E-state index is 9.15. The minimum absolute atomic E-state index is 0.236. The molecular formula is C3H7NO3. The zero-order valence-corrected chi connectivity index (χ0v) is 4.09. The van der Waals surface area contributed by atoms with E-state index in [1.807, 2.05) is 0 Å². The van der Waals surface area contributed by atoms with E-state index in [0.29, 0.717) is 6.61 Å². The van der Waals surface area contributed by atoms with Crippen molar-refractivity contribution in [2.24, 2.45) is 5.34 Å². The Morgan fingerprint density at radius 1 is 1.57 bits per heavy atom. The van der Waals surface area contributed by atoms with Crippen molar-refractivity contribution < 1.29 is 9.57 Å². The Kier molecular flexibility index (Phi) is 4.87. The summed E-state index contributed by atoms with van der Waals surface area (Å²) in [5.74, 6) is 0. The van der Waals surface area contributed by atoms with E-state index in [9.17, 15) is 0 Å². The molecule has 0 heterocycles. The molecule has 0 radical (unpaired) electrons. The van der Waals surface area contributed by atoms with Gasteiger partial charge in [0.1, 0.15) is 6.61 Å². The van der Waals surface area contributed by atoms with E-state index in [0.717, 1.165) is 0 Å². The maximum Gasteiger partial charge on any atom is 0.155 e. The number of rotatable bonds is 4. The SMILES string of the molecule is COCCON=O. The summed E-state index contributed by atoms with van der Waals surface area (Å²) >= 11 is 0. The summed E-state index contributed by atoms with van der Waals surface area (Å²) in [4.78, 5) is 13.2. The lowest BCUT2D eigenvalue weighted by Gasteiger charge is -1.90. The van der Waals surface area contributed by atoms with Crippen molar-refractivity contribution in [3.63, 3.8) is 0 Å². The summed E-state index contributed by atoms with van der Waals surface area (Å²) in [5, 5.41) is 2.14. The predicted octanol–water partition coefficient (Wildman–Crippen LogP) is 0.331. The maximum atomic E-state index is 9.15. The predicted molar refractivity (Wildman–Crippen MR) is 23.6 cm³/mol. The molecule has 0 aliphatic heterocycles. The summed E-state index contributed by atoms with van der Waals surface area (Å²) < 4.78 is 4.52. The van der Waals surface area contributed by atoms with Gasteiger partial charge in [-0.1, -0.05) is 0 Å². The molecule has 0 aromatic heterocycles. The Hall–Kier alpha value is -0.640. The van der Waals surface area contributed by atoms with Gasteiger partial charge in [-0.3, -0.25) is 0 Å². The lowest BCUT2D eigenvalue weighted by molar-refractivity contribution is 0.0725. The van der Waals surface area contributed by atoms with Crippen LogP contribution in [0.25, 0.3) is 0 Å². The van der Waals surface area contributed by atoms with Gasteiger partial charge in [-0.15, -0.1) is 4.91 Å². The summed E-state index contributed by atoms with van der Waals surface area (Å²) in [6.07, 6.45) is 0. The van der Waals surface area contributed by atoms with Crippen LogP contribution in [-0.2, 0) is 9.57 Å². The van der Waals surface area contributed by atoms with Gasteiger partial charge in [0.05, 0.1) is 6.61 Å². The molecule has 0 saturated carbocycles. The molecular weight excluding hydrogens is 98.0 g/mol. The van der Waals surface area contributed by atoms with Crippen molar-refractivity contribution in [2.45, 2.75) is 0 Å². The molecule has 0 aliphatic carbocycles. The summed E-state index contributed by atoms with van der Waals surface area (Å²) in [6, 6.07) is 0. The Morgan fingerprint density at radius 3 is 2.71 bits per heavy atom. The molecule has 0 amide bonds. The average Bonchev–Trinajstić information content (AvgIpc) is 1.69. The molecule has 4 nitrogen and oxygen atoms in total. The topological polar surface area (TPSA) is 47.9 Å². The van der Waals surface area contributed by atoms with E-state index in [-0.39, 0.29) is 6.61 Å². The molecule has 0 unspecified atom stereocenters. The van der Waals surface area contributed by atoms with Crippen LogP contribution in [-0.4, -0.2) is 20.3 Å². The van der Waals surface area contributed by atoms with Crippen LogP contribution in [0.5, 0.6) is 0 Å². The van der Waals surface area contributed by atoms with Crippen LogP contribution < -0.4 is 0 Å². The second kappa shape index (κ2) is 5.36. The van der Waals surface area contributed by atoms with Gasteiger partial charge >= 0.3 is 0 Å². The molecule has 0 fully saturated rings. The summed E-state index contributed by atoms with van der Waals surface area (Å²) in [5.41, 5.74) is 0. The first-order valence-electron chi connectivity index (χ1n) is 1.85. The summed E-state index contributed by atoms with van der Waals surface area (Å²) in [7, 11) is 1.52. The van der Waals surface area contributed by atoms with Crippen LogP contribution in [0.4, 0.5) is 0 Å². The van der Waals surface area contributed by atoms with Crippen molar-refractivity contribution in [2.75, 3.05) is 20.3 Å².